The zero-order valence-electron chi connectivity index (χ0n) is 15.2. The largest absolute Gasteiger partial charge is 0.486 e. The van der Waals surface area contributed by atoms with Gasteiger partial charge in [0.15, 0.2) is 6.61 Å². The summed E-state index contributed by atoms with van der Waals surface area (Å²) in [5.41, 5.74) is -1.08. The van der Waals surface area contributed by atoms with E-state index >= 15 is 0 Å². The normalized spacial score (nSPS) is 22.0. The van der Waals surface area contributed by atoms with E-state index < -0.39 is 17.5 Å². The van der Waals surface area contributed by atoms with E-state index in [9.17, 15) is 14.3 Å². The maximum atomic E-state index is 13.2. The first-order valence-corrected chi connectivity index (χ1v) is 9.50. The third-order valence-corrected chi connectivity index (χ3v) is 5.21. The molecule has 1 amide bonds. The topological polar surface area (TPSA) is 59.0 Å². The molecule has 2 atom stereocenters. The Bertz CT molecular complexity index is 845. The number of amides is 1. The van der Waals surface area contributed by atoms with Crippen molar-refractivity contribution in [2.45, 2.75) is 25.0 Å². The molecule has 150 valence electrons. The quantitative estimate of drug-likeness (QED) is 0.784. The summed E-state index contributed by atoms with van der Waals surface area (Å²) in [5.74, 6) is 0.0420. The van der Waals surface area contributed by atoms with Gasteiger partial charge in [0.1, 0.15) is 29.0 Å². The fraction of sp³-hybridized carbons (Fsp3) is 0.350. The molecule has 28 heavy (non-hydrogen) atoms. The number of aliphatic hydroxyl groups is 1. The van der Waals surface area contributed by atoms with Gasteiger partial charge < -0.3 is 19.5 Å². The second-order valence-electron chi connectivity index (χ2n) is 6.87. The molecule has 0 radical (unpaired) electrons. The van der Waals surface area contributed by atoms with Gasteiger partial charge in [-0.05, 0) is 49.7 Å². The number of nitrogens with zero attached hydrogens (tertiary/aromatic N) is 1. The third kappa shape index (κ3) is 5.07. The molecule has 1 aliphatic heterocycles. The van der Waals surface area contributed by atoms with Crippen LogP contribution in [0.1, 0.15) is 13.3 Å². The van der Waals surface area contributed by atoms with Gasteiger partial charge in [0.05, 0.1) is 11.6 Å². The molecule has 5 nitrogen and oxygen atoms in total. The molecule has 0 spiro atoms. The van der Waals surface area contributed by atoms with Crippen LogP contribution in [-0.4, -0.2) is 47.3 Å². The third-order valence-electron chi connectivity index (χ3n) is 4.67. The highest BCUT2D eigenvalue weighted by atomic mass is 35.5. The highest BCUT2D eigenvalue weighted by Gasteiger charge is 2.40. The number of benzene rings is 2. The first-order valence-electron chi connectivity index (χ1n) is 8.75. The molecular weight excluding hydrogens is 408 g/mol. The van der Waals surface area contributed by atoms with Crippen molar-refractivity contribution in [2.75, 3.05) is 19.7 Å². The maximum absolute atomic E-state index is 13.2. The minimum atomic E-state index is -1.08. The smallest absolute Gasteiger partial charge is 0.260 e. The Morgan fingerprint density at radius 1 is 1.25 bits per heavy atom. The van der Waals surface area contributed by atoms with Crippen LogP contribution in [0.15, 0.2) is 42.5 Å². The van der Waals surface area contributed by atoms with Crippen molar-refractivity contribution in [2.24, 2.45) is 0 Å². The number of rotatable bonds is 5. The lowest BCUT2D eigenvalue weighted by molar-refractivity contribution is -0.145. The van der Waals surface area contributed by atoms with Crippen molar-refractivity contribution in [3.05, 3.63) is 58.3 Å². The fourth-order valence-electron chi connectivity index (χ4n) is 2.88. The van der Waals surface area contributed by atoms with E-state index in [1.165, 1.54) is 18.2 Å². The van der Waals surface area contributed by atoms with E-state index in [0.29, 0.717) is 29.5 Å². The molecule has 0 aromatic heterocycles. The molecule has 1 aliphatic rings. The minimum absolute atomic E-state index is 0.0737. The van der Waals surface area contributed by atoms with Gasteiger partial charge in [-0.25, -0.2) is 4.39 Å². The highest BCUT2D eigenvalue weighted by Crippen LogP contribution is 2.28. The van der Waals surface area contributed by atoms with Gasteiger partial charge in [-0.1, -0.05) is 23.2 Å². The summed E-state index contributed by atoms with van der Waals surface area (Å²) in [6.45, 7) is 2.05. The maximum Gasteiger partial charge on any atom is 0.260 e. The molecule has 0 bridgehead atoms. The highest BCUT2D eigenvalue weighted by molar-refractivity contribution is 6.31. The molecule has 1 saturated heterocycles. The predicted octanol–water partition coefficient (Wildman–Crippen LogP) is 3.94. The van der Waals surface area contributed by atoms with Gasteiger partial charge in [-0.15, -0.1) is 0 Å². The van der Waals surface area contributed by atoms with Crippen molar-refractivity contribution in [3.8, 4) is 11.5 Å². The van der Waals surface area contributed by atoms with Crippen LogP contribution < -0.4 is 9.47 Å². The Kier molecular flexibility index (Phi) is 6.33. The molecule has 0 aliphatic carbocycles. The Hall–Kier alpha value is -2.02. The first kappa shape index (κ1) is 20.7. The number of hydrogen-bond donors (Lipinski definition) is 1. The summed E-state index contributed by atoms with van der Waals surface area (Å²) in [6.07, 6.45) is -0.244. The van der Waals surface area contributed by atoms with Gasteiger partial charge in [-0.2, -0.15) is 0 Å². The van der Waals surface area contributed by atoms with Crippen molar-refractivity contribution >= 4 is 29.1 Å². The Balaban J connectivity index is 1.61. The second-order valence-corrected chi connectivity index (χ2v) is 7.72. The number of halogens is 3. The molecule has 2 aromatic carbocycles. The molecule has 0 saturated carbocycles. The average molecular weight is 428 g/mol. The van der Waals surface area contributed by atoms with Gasteiger partial charge in [0.2, 0.25) is 0 Å². The van der Waals surface area contributed by atoms with Crippen LogP contribution in [-0.2, 0) is 4.79 Å². The summed E-state index contributed by atoms with van der Waals surface area (Å²) in [5, 5.41) is 11.2. The van der Waals surface area contributed by atoms with Crippen molar-refractivity contribution < 1.29 is 23.8 Å². The number of hydrogen-bond acceptors (Lipinski definition) is 4. The Labute approximate surface area is 172 Å². The zero-order valence-corrected chi connectivity index (χ0v) is 16.7. The Morgan fingerprint density at radius 3 is 2.61 bits per heavy atom. The van der Waals surface area contributed by atoms with E-state index in [-0.39, 0.29) is 24.1 Å². The van der Waals surface area contributed by atoms with Crippen LogP contribution in [0.25, 0.3) is 0 Å². The minimum Gasteiger partial charge on any atom is -0.486 e. The molecule has 0 unspecified atom stereocenters. The first-order chi connectivity index (χ1) is 13.2. The average Bonchev–Trinajstić information content (AvgIpc) is 2.66. The van der Waals surface area contributed by atoms with Crippen molar-refractivity contribution in [1.82, 2.24) is 4.90 Å². The van der Waals surface area contributed by atoms with Crippen molar-refractivity contribution in [3.63, 3.8) is 0 Å². The fourth-order valence-corrected chi connectivity index (χ4v) is 3.18. The molecule has 1 fully saturated rings. The summed E-state index contributed by atoms with van der Waals surface area (Å²) < 4.78 is 24.5. The summed E-state index contributed by atoms with van der Waals surface area (Å²) >= 11 is 11.6. The van der Waals surface area contributed by atoms with Crippen LogP contribution in [0.3, 0.4) is 0 Å². The molecule has 8 heteroatoms. The number of carbonyl (C=O) groups is 1. The van der Waals surface area contributed by atoms with Gasteiger partial charge in [0, 0.05) is 17.6 Å². The lowest BCUT2D eigenvalue weighted by Crippen LogP contribution is -2.58. The monoisotopic (exact) mass is 427 g/mol. The SMILES string of the molecule is C[C@]1(O)CCN(C(=O)COc2ccc(F)c(Cl)c2)C[C@@H]1Oc1ccc(Cl)cc1. The molecule has 1 heterocycles. The summed E-state index contributed by atoms with van der Waals surface area (Å²) in [6, 6.07) is 10.7. The summed E-state index contributed by atoms with van der Waals surface area (Å²) in [4.78, 5) is 14.1. The number of ether oxygens (including phenoxy) is 2. The molecule has 3 rings (SSSR count). The second kappa shape index (κ2) is 8.55. The molecule has 1 N–H and O–H groups in total. The lowest BCUT2D eigenvalue weighted by atomic mass is 9.90. The standard InChI is InChI=1S/C20H20Cl2FNO4/c1-20(26)8-9-24(11-18(20)28-14-4-2-13(21)3-5-14)19(25)12-27-15-6-7-17(23)16(22)10-15/h2-7,10,18,26H,8-9,11-12H2,1H3/t18-,20-/m0/s1. The van der Waals surface area contributed by atoms with E-state index in [1.807, 2.05) is 0 Å². The van der Waals surface area contributed by atoms with Crippen LogP contribution in [0, 0.1) is 5.82 Å². The number of likely N-dealkylation sites (tertiary alicyclic amines) is 1. The van der Waals surface area contributed by atoms with E-state index in [1.54, 1.807) is 36.1 Å². The van der Waals surface area contributed by atoms with Crippen molar-refractivity contribution in [1.29, 1.82) is 0 Å². The van der Waals surface area contributed by atoms with Gasteiger partial charge in [0.25, 0.3) is 5.91 Å². The number of piperidine rings is 1. The molecular formula is C20H20Cl2FNO4. The number of carbonyl (C=O) groups excluding carboxylic acids is 1. The lowest BCUT2D eigenvalue weighted by Gasteiger charge is -2.42. The Morgan fingerprint density at radius 2 is 1.93 bits per heavy atom. The van der Waals surface area contributed by atoms with Gasteiger partial charge in [-0.3, -0.25) is 4.79 Å². The van der Waals surface area contributed by atoms with E-state index in [2.05, 4.69) is 0 Å². The van der Waals surface area contributed by atoms with Crippen LogP contribution in [0.2, 0.25) is 10.0 Å². The summed E-state index contributed by atoms with van der Waals surface area (Å²) in [7, 11) is 0. The zero-order chi connectivity index (χ0) is 20.3. The van der Waals surface area contributed by atoms with Crippen LogP contribution in [0.5, 0.6) is 11.5 Å². The predicted molar refractivity (Wildman–Crippen MR) is 105 cm³/mol. The van der Waals surface area contributed by atoms with Crippen LogP contribution >= 0.6 is 23.2 Å². The van der Waals surface area contributed by atoms with Gasteiger partial charge >= 0.3 is 0 Å². The molecule has 2 aromatic rings. The van der Waals surface area contributed by atoms with E-state index in [4.69, 9.17) is 32.7 Å². The van der Waals surface area contributed by atoms with E-state index in [0.717, 1.165) is 0 Å². The van der Waals surface area contributed by atoms with Crippen LogP contribution in [0.4, 0.5) is 4.39 Å².